The van der Waals surface area contributed by atoms with Gasteiger partial charge in [0.05, 0.1) is 10.6 Å². The molecule has 190 valence electrons. The molecule has 1 aliphatic heterocycles. The van der Waals surface area contributed by atoms with E-state index in [9.17, 15) is 28.0 Å². The van der Waals surface area contributed by atoms with Gasteiger partial charge in [0.1, 0.15) is 23.7 Å². The first-order valence-corrected chi connectivity index (χ1v) is 13.3. The van der Waals surface area contributed by atoms with Gasteiger partial charge in [-0.3, -0.25) is 4.79 Å². The summed E-state index contributed by atoms with van der Waals surface area (Å²) < 4.78 is 41.8. The molecule has 0 aliphatic carbocycles. The number of hydrogen-bond acceptors (Lipinski definition) is 8. The van der Waals surface area contributed by atoms with Crippen molar-refractivity contribution in [3.8, 4) is 6.07 Å². The van der Waals surface area contributed by atoms with Crippen molar-refractivity contribution in [1.82, 2.24) is 18.4 Å². The normalized spacial score (nSPS) is 18.5. The number of nitrogens with zero attached hydrogens (tertiary/aromatic N) is 6. The van der Waals surface area contributed by atoms with Gasteiger partial charge in [0.25, 0.3) is 16.1 Å². The van der Waals surface area contributed by atoms with Crippen molar-refractivity contribution < 1.29 is 22.7 Å². The van der Waals surface area contributed by atoms with E-state index in [-0.39, 0.29) is 42.4 Å². The third kappa shape index (κ3) is 4.78. The second-order valence-electron chi connectivity index (χ2n) is 8.65. The summed E-state index contributed by atoms with van der Waals surface area (Å²) in [5.74, 6) is -1.19. The maximum atomic E-state index is 13.4. The van der Waals surface area contributed by atoms with Gasteiger partial charge in [-0.2, -0.15) is 32.1 Å². The fourth-order valence-corrected chi connectivity index (χ4v) is 6.03. The Morgan fingerprint density at radius 3 is 2.56 bits per heavy atom. The van der Waals surface area contributed by atoms with E-state index < -0.39 is 28.3 Å². The minimum absolute atomic E-state index is 0.0209. The van der Waals surface area contributed by atoms with Crippen molar-refractivity contribution >= 4 is 33.3 Å². The predicted molar refractivity (Wildman–Crippen MR) is 132 cm³/mol. The van der Waals surface area contributed by atoms with Crippen LogP contribution in [0.5, 0.6) is 0 Å². The Labute approximate surface area is 212 Å². The van der Waals surface area contributed by atoms with Crippen LogP contribution in [0.25, 0.3) is 0 Å². The molecule has 36 heavy (non-hydrogen) atoms. The second-order valence-corrected chi connectivity index (χ2v) is 11.7. The summed E-state index contributed by atoms with van der Waals surface area (Å²) in [5.41, 5.74) is 1.10. The van der Waals surface area contributed by atoms with Crippen molar-refractivity contribution in [2.75, 3.05) is 32.6 Å². The molecule has 1 N–H and O–H groups in total. The number of thiophene rings is 1. The van der Waals surface area contributed by atoms with Crippen LogP contribution in [0.1, 0.15) is 38.8 Å². The lowest BCUT2D eigenvalue weighted by atomic mass is 10.0. The smallest absolute Gasteiger partial charge is 0.290 e. The van der Waals surface area contributed by atoms with E-state index in [2.05, 4.69) is 11.2 Å². The molecule has 13 heteroatoms. The fourth-order valence-electron chi connectivity index (χ4n) is 4.20. The Morgan fingerprint density at radius 2 is 1.97 bits per heavy atom. The van der Waals surface area contributed by atoms with E-state index in [1.54, 1.807) is 41.6 Å². The molecule has 0 radical (unpaired) electrons. The molecular weight excluding hydrogens is 507 g/mol. The first kappa shape index (κ1) is 25.9. The number of hydrogen-bond donors (Lipinski definition) is 1. The van der Waals surface area contributed by atoms with Crippen LogP contribution in [0.2, 0.25) is 0 Å². The number of rotatable bonds is 7. The van der Waals surface area contributed by atoms with Crippen LogP contribution in [-0.4, -0.2) is 71.7 Å². The number of carbonyl (C=O) groups excluding carboxylic acids is 1. The molecule has 2 atom stereocenters. The topological polar surface area (TPSA) is 123 Å². The van der Waals surface area contributed by atoms with E-state index in [4.69, 9.17) is 0 Å². The molecule has 1 aliphatic rings. The molecule has 3 heterocycles. The maximum Gasteiger partial charge on any atom is 0.290 e. The minimum Gasteiger partial charge on any atom is -0.377 e. The summed E-state index contributed by atoms with van der Waals surface area (Å²) in [6.45, 7) is 0.161. The Bertz CT molecular complexity index is 1400. The Balaban J connectivity index is 1.78. The van der Waals surface area contributed by atoms with E-state index in [0.717, 1.165) is 18.9 Å². The van der Waals surface area contributed by atoms with Gasteiger partial charge < -0.3 is 10.0 Å². The average molecular weight is 533 g/mol. The Kier molecular flexibility index (Phi) is 7.26. The summed E-state index contributed by atoms with van der Waals surface area (Å²) in [5, 5.41) is 26.9. The number of benzene rings is 1. The van der Waals surface area contributed by atoms with Gasteiger partial charge in [-0.1, -0.05) is 18.2 Å². The lowest BCUT2D eigenvalue weighted by Gasteiger charge is -2.23. The largest absolute Gasteiger partial charge is 0.377 e. The van der Waals surface area contributed by atoms with Crippen LogP contribution in [-0.2, 0) is 16.8 Å². The van der Waals surface area contributed by atoms with Crippen molar-refractivity contribution in [3.05, 3.63) is 69.3 Å². The molecule has 3 aromatic rings. The molecule has 1 saturated heterocycles. The van der Waals surface area contributed by atoms with Crippen LogP contribution >= 0.6 is 11.3 Å². The van der Waals surface area contributed by atoms with E-state index in [1.165, 1.54) is 37.6 Å². The number of carbonyl (C=O) groups is 1. The summed E-state index contributed by atoms with van der Waals surface area (Å²) in [4.78, 5) is 15.5. The zero-order valence-corrected chi connectivity index (χ0v) is 21.5. The van der Waals surface area contributed by atoms with Gasteiger partial charge >= 0.3 is 0 Å². The van der Waals surface area contributed by atoms with Gasteiger partial charge in [0.15, 0.2) is 5.82 Å². The van der Waals surface area contributed by atoms with E-state index in [0.29, 0.717) is 4.88 Å². The van der Waals surface area contributed by atoms with E-state index in [1.807, 2.05) is 0 Å². The molecule has 1 fully saturated rings. The first-order chi connectivity index (χ1) is 17.0. The van der Waals surface area contributed by atoms with Gasteiger partial charge in [0.2, 0.25) is 0 Å². The maximum absolute atomic E-state index is 13.4. The number of aliphatic hydroxyl groups excluding tert-OH is 1. The molecule has 1 aromatic carbocycles. The van der Waals surface area contributed by atoms with Crippen LogP contribution < -0.4 is 4.90 Å². The summed E-state index contributed by atoms with van der Waals surface area (Å²) in [6, 6.07) is 11.4. The van der Waals surface area contributed by atoms with Crippen LogP contribution in [0.15, 0.2) is 41.8 Å². The summed E-state index contributed by atoms with van der Waals surface area (Å²) >= 11 is 1.23. The van der Waals surface area contributed by atoms with Gasteiger partial charge in [-0.25, -0.2) is 4.39 Å². The molecule has 0 saturated carbocycles. The number of halogens is 1. The predicted octanol–water partition coefficient (Wildman–Crippen LogP) is 2.19. The lowest BCUT2D eigenvalue weighted by Crippen LogP contribution is -2.42. The molecule has 0 amide bonds. The number of aromatic nitrogens is 2. The quantitative estimate of drug-likeness (QED) is 0.495. The molecule has 0 spiro atoms. The summed E-state index contributed by atoms with van der Waals surface area (Å²) in [6.07, 6.45) is -1.28. The van der Waals surface area contributed by atoms with Crippen molar-refractivity contribution in [2.45, 2.75) is 25.1 Å². The highest BCUT2D eigenvalue weighted by molar-refractivity contribution is 7.86. The molecular formula is C23H25FN6O4S2. The van der Waals surface area contributed by atoms with Gasteiger partial charge in [0, 0.05) is 40.2 Å². The van der Waals surface area contributed by atoms with Crippen molar-refractivity contribution in [2.24, 2.45) is 0 Å². The third-order valence-electron chi connectivity index (χ3n) is 5.99. The van der Waals surface area contributed by atoms with E-state index >= 15 is 0 Å². The van der Waals surface area contributed by atoms with Crippen LogP contribution in [0.4, 0.5) is 10.2 Å². The monoisotopic (exact) mass is 532 g/mol. The summed E-state index contributed by atoms with van der Waals surface area (Å²) in [7, 11) is 0.517. The molecule has 10 nitrogen and oxygen atoms in total. The highest BCUT2D eigenvalue weighted by Gasteiger charge is 2.43. The Morgan fingerprint density at radius 1 is 1.28 bits per heavy atom. The lowest BCUT2D eigenvalue weighted by molar-refractivity contribution is 0.0909. The zero-order chi connectivity index (χ0) is 26.2. The fraction of sp³-hybridized carbons (Fsp3) is 0.348. The number of nitriles is 1. The highest BCUT2D eigenvalue weighted by Crippen LogP contribution is 2.37. The van der Waals surface area contributed by atoms with Crippen molar-refractivity contribution in [1.29, 1.82) is 5.26 Å². The standard InChI is InChI=1S/C23H25FN6O4S2/c1-27(2)36(33,34)29-14-16(11-20(29)31)21-18(12-25)22(28(3)13-15-6-8-17(24)9-7-15)30(26-21)23(32)19-5-4-10-35-19/h4-10,16,20,31H,11,13-14H2,1-3H3. The Hall–Kier alpha value is -3.15. The van der Waals surface area contributed by atoms with Crippen LogP contribution in [0, 0.1) is 17.1 Å². The highest BCUT2D eigenvalue weighted by atomic mass is 32.2. The SMILES string of the molecule is CN(Cc1ccc(F)cc1)c1c(C#N)c(C2CC(O)N(S(=O)(=O)N(C)C)C2)nn1C(=O)c1cccs1. The molecule has 0 bridgehead atoms. The second kappa shape index (κ2) is 10.1. The van der Waals surface area contributed by atoms with Crippen LogP contribution in [0.3, 0.4) is 0 Å². The average Bonchev–Trinajstić information content (AvgIpc) is 3.58. The van der Waals surface area contributed by atoms with Gasteiger partial charge in [-0.15, -0.1) is 11.3 Å². The number of aliphatic hydroxyl groups is 1. The molecule has 2 unspecified atom stereocenters. The third-order valence-corrected chi connectivity index (χ3v) is 8.76. The van der Waals surface area contributed by atoms with Gasteiger partial charge in [-0.05, 0) is 35.6 Å². The zero-order valence-electron chi connectivity index (χ0n) is 19.9. The van der Waals surface area contributed by atoms with Crippen molar-refractivity contribution in [3.63, 3.8) is 0 Å². The minimum atomic E-state index is -3.91. The number of anilines is 1. The molecule has 4 rings (SSSR count). The first-order valence-electron chi connectivity index (χ1n) is 11.0. The molecule has 2 aromatic heterocycles.